The largest absolute Gasteiger partial charge is 0.373 e. The molecule has 0 aliphatic carbocycles. The Morgan fingerprint density at radius 3 is 2.82 bits per heavy atom. The van der Waals surface area contributed by atoms with Gasteiger partial charge in [0.05, 0.1) is 6.61 Å². The fraction of sp³-hybridized carbons (Fsp3) is 0.875. The van der Waals surface area contributed by atoms with Crippen LogP contribution in [0.3, 0.4) is 0 Å². The number of hydrogen-bond donors (Lipinski definition) is 0. The minimum atomic E-state index is -0.432. The molecule has 3 heteroatoms. The molecule has 0 aromatic heterocycles. The summed E-state index contributed by atoms with van der Waals surface area (Å²) in [5.41, 5.74) is -0.432. The average molecular weight is 156 g/mol. The lowest BCUT2D eigenvalue weighted by Gasteiger charge is -2.30. The summed E-state index contributed by atoms with van der Waals surface area (Å²) in [5, 5.41) is 0. The third-order valence-electron chi connectivity index (χ3n) is 2.49. The molecule has 3 nitrogen and oxygen atoms in total. The van der Waals surface area contributed by atoms with Crippen molar-refractivity contribution in [2.24, 2.45) is 0 Å². The van der Waals surface area contributed by atoms with Gasteiger partial charge in [0.25, 0.3) is 0 Å². The Bertz CT molecular complexity index is 170. The molecule has 0 aromatic rings. The lowest BCUT2D eigenvalue weighted by atomic mass is 9.90. The number of ether oxygens (including phenoxy) is 2. The zero-order chi connectivity index (χ0) is 7.73. The highest BCUT2D eigenvalue weighted by Gasteiger charge is 2.43. The van der Waals surface area contributed by atoms with Gasteiger partial charge in [-0.15, -0.1) is 0 Å². The molecule has 1 atom stereocenters. The summed E-state index contributed by atoms with van der Waals surface area (Å²) in [4.78, 5) is 11.4. The molecule has 0 amide bonds. The van der Waals surface area contributed by atoms with Gasteiger partial charge in [-0.1, -0.05) is 0 Å². The normalized spacial score (nSPS) is 38.4. The van der Waals surface area contributed by atoms with Crippen LogP contribution in [0.5, 0.6) is 0 Å². The van der Waals surface area contributed by atoms with Gasteiger partial charge >= 0.3 is 0 Å². The van der Waals surface area contributed by atoms with Crippen molar-refractivity contribution in [3.8, 4) is 0 Å². The zero-order valence-corrected chi connectivity index (χ0v) is 6.47. The molecule has 2 aliphatic heterocycles. The lowest BCUT2D eigenvalue weighted by Crippen LogP contribution is -2.45. The number of ketones is 1. The molecule has 2 fully saturated rings. The summed E-state index contributed by atoms with van der Waals surface area (Å²) in [6, 6.07) is 0. The Kier molecular flexibility index (Phi) is 1.69. The van der Waals surface area contributed by atoms with Crippen molar-refractivity contribution >= 4 is 5.78 Å². The van der Waals surface area contributed by atoms with Crippen LogP contribution in [0.15, 0.2) is 0 Å². The van der Waals surface area contributed by atoms with Gasteiger partial charge in [-0.2, -0.15) is 0 Å². The van der Waals surface area contributed by atoms with Gasteiger partial charge in [-0.25, -0.2) is 0 Å². The van der Waals surface area contributed by atoms with E-state index in [4.69, 9.17) is 9.47 Å². The van der Waals surface area contributed by atoms with Crippen LogP contribution in [-0.4, -0.2) is 31.2 Å². The number of hydrogen-bond acceptors (Lipinski definition) is 3. The minimum absolute atomic E-state index is 0.140. The van der Waals surface area contributed by atoms with Crippen molar-refractivity contribution < 1.29 is 14.3 Å². The van der Waals surface area contributed by atoms with Crippen molar-refractivity contribution in [2.75, 3.05) is 19.8 Å². The van der Waals surface area contributed by atoms with Crippen LogP contribution in [0.25, 0.3) is 0 Å². The third-order valence-corrected chi connectivity index (χ3v) is 2.49. The molecule has 0 saturated carbocycles. The van der Waals surface area contributed by atoms with E-state index in [0.717, 1.165) is 25.9 Å². The summed E-state index contributed by atoms with van der Waals surface area (Å²) in [6.45, 7) is 1.66. The fourth-order valence-corrected chi connectivity index (χ4v) is 1.79. The number of carbonyl (C=O) groups excluding carboxylic acids is 1. The average Bonchev–Trinajstić information content (AvgIpc) is 2.46. The number of Topliss-reactive ketones (excluding diaryl/α,β-unsaturated/α-hetero) is 1. The number of carbonyl (C=O) groups is 1. The molecular formula is C8H12O3. The number of rotatable bonds is 0. The molecule has 0 aromatic carbocycles. The highest BCUT2D eigenvalue weighted by Crippen LogP contribution is 2.32. The van der Waals surface area contributed by atoms with Gasteiger partial charge in [0, 0.05) is 13.0 Å². The summed E-state index contributed by atoms with van der Waals surface area (Å²) in [5.74, 6) is 0.140. The summed E-state index contributed by atoms with van der Waals surface area (Å²) < 4.78 is 10.5. The first kappa shape index (κ1) is 7.25. The van der Waals surface area contributed by atoms with Crippen LogP contribution < -0.4 is 0 Å². The quantitative estimate of drug-likeness (QED) is 0.513. The first-order chi connectivity index (χ1) is 5.33. The molecule has 62 valence electrons. The SMILES string of the molecule is O=C1COCC[C@]12CCCO2. The molecule has 0 radical (unpaired) electrons. The van der Waals surface area contributed by atoms with Gasteiger partial charge in [-0.3, -0.25) is 4.79 Å². The second kappa shape index (κ2) is 2.57. The maximum Gasteiger partial charge on any atom is 0.190 e. The molecule has 2 heterocycles. The lowest BCUT2D eigenvalue weighted by molar-refractivity contribution is -0.154. The molecule has 1 spiro atoms. The van der Waals surface area contributed by atoms with Crippen LogP contribution in [-0.2, 0) is 14.3 Å². The molecule has 0 bridgehead atoms. The molecule has 2 aliphatic rings. The second-order valence-electron chi connectivity index (χ2n) is 3.17. The van der Waals surface area contributed by atoms with E-state index in [1.807, 2.05) is 0 Å². The first-order valence-corrected chi connectivity index (χ1v) is 4.08. The Balaban J connectivity index is 2.13. The van der Waals surface area contributed by atoms with E-state index in [1.165, 1.54) is 0 Å². The van der Waals surface area contributed by atoms with Crippen LogP contribution in [0.4, 0.5) is 0 Å². The van der Waals surface area contributed by atoms with Crippen molar-refractivity contribution in [2.45, 2.75) is 24.9 Å². The maximum atomic E-state index is 11.4. The third kappa shape index (κ3) is 1.08. The smallest absolute Gasteiger partial charge is 0.190 e. The molecule has 2 saturated heterocycles. The summed E-state index contributed by atoms with van der Waals surface area (Å²) in [6.07, 6.45) is 2.67. The first-order valence-electron chi connectivity index (χ1n) is 4.08. The topological polar surface area (TPSA) is 35.5 Å². The van der Waals surface area contributed by atoms with Gasteiger partial charge in [0.1, 0.15) is 12.2 Å². The fourth-order valence-electron chi connectivity index (χ4n) is 1.79. The molecule has 0 N–H and O–H groups in total. The van der Waals surface area contributed by atoms with Gasteiger partial charge in [0.2, 0.25) is 0 Å². The molecule has 11 heavy (non-hydrogen) atoms. The Morgan fingerprint density at radius 1 is 1.27 bits per heavy atom. The van der Waals surface area contributed by atoms with Crippen LogP contribution in [0.2, 0.25) is 0 Å². The predicted octanol–water partition coefficient (Wildman–Crippen LogP) is 0.525. The van der Waals surface area contributed by atoms with Crippen LogP contribution in [0, 0.1) is 0 Å². The van der Waals surface area contributed by atoms with Gasteiger partial charge in [-0.05, 0) is 12.8 Å². The van der Waals surface area contributed by atoms with E-state index >= 15 is 0 Å². The highest BCUT2D eigenvalue weighted by atomic mass is 16.5. The molecular weight excluding hydrogens is 144 g/mol. The Labute approximate surface area is 65.7 Å². The second-order valence-corrected chi connectivity index (χ2v) is 3.17. The van der Waals surface area contributed by atoms with Gasteiger partial charge < -0.3 is 9.47 Å². The van der Waals surface area contributed by atoms with Crippen molar-refractivity contribution in [1.29, 1.82) is 0 Å². The predicted molar refractivity (Wildman–Crippen MR) is 38.4 cm³/mol. The van der Waals surface area contributed by atoms with Crippen LogP contribution in [0.1, 0.15) is 19.3 Å². The Hall–Kier alpha value is -0.410. The van der Waals surface area contributed by atoms with Crippen molar-refractivity contribution in [3.05, 3.63) is 0 Å². The zero-order valence-electron chi connectivity index (χ0n) is 6.47. The van der Waals surface area contributed by atoms with E-state index in [2.05, 4.69) is 0 Å². The van der Waals surface area contributed by atoms with E-state index in [0.29, 0.717) is 6.61 Å². The van der Waals surface area contributed by atoms with E-state index < -0.39 is 5.60 Å². The van der Waals surface area contributed by atoms with Gasteiger partial charge in [0.15, 0.2) is 5.78 Å². The minimum Gasteiger partial charge on any atom is -0.373 e. The summed E-state index contributed by atoms with van der Waals surface area (Å²) in [7, 11) is 0. The van der Waals surface area contributed by atoms with Crippen molar-refractivity contribution in [3.63, 3.8) is 0 Å². The van der Waals surface area contributed by atoms with E-state index in [1.54, 1.807) is 0 Å². The van der Waals surface area contributed by atoms with E-state index in [-0.39, 0.29) is 12.4 Å². The Morgan fingerprint density at radius 2 is 2.18 bits per heavy atom. The molecule has 0 unspecified atom stereocenters. The van der Waals surface area contributed by atoms with Crippen molar-refractivity contribution in [1.82, 2.24) is 0 Å². The molecule has 2 rings (SSSR count). The maximum absolute atomic E-state index is 11.4. The monoisotopic (exact) mass is 156 g/mol. The van der Waals surface area contributed by atoms with Crippen LogP contribution >= 0.6 is 0 Å². The standard InChI is InChI=1S/C8H12O3/c9-7-6-10-5-3-8(7)2-1-4-11-8/h1-6H2/t8-/m1/s1. The van der Waals surface area contributed by atoms with E-state index in [9.17, 15) is 4.79 Å². The highest BCUT2D eigenvalue weighted by molar-refractivity contribution is 5.89. The summed E-state index contributed by atoms with van der Waals surface area (Å²) >= 11 is 0.